The summed E-state index contributed by atoms with van der Waals surface area (Å²) in [5, 5.41) is 16.8. The first-order valence-corrected chi connectivity index (χ1v) is 6.07. The van der Waals surface area contributed by atoms with E-state index in [0.717, 1.165) is 5.56 Å². The second-order valence-corrected chi connectivity index (χ2v) is 4.18. The smallest absolute Gasteiger partial charge is 0.223 e. The Hall–Kier alpha value is -2.28. The van der Waals surface area contributed by atoms with Gasteiger partial charge in [-0.05, 0) is 17.7 Å². The minimum Gasteiger partial charge on any atom is -0.502 e. The van der Waals surface area contributed by atoms with Crippen LogP contribution in [0.1, 0.15) is 17.3 Å². The van der Waals surface area contributed by atoms with Crippen LogP contribution in [-0.2, 0) is 13.1 Å². The molecule has 1 aromatic heterocycles. The standard InChI is InChI=1S/C13H17N3O4/c1-8-15-12(16-20-8)7-14-6-9-4-10(18-2)13(17)11(5-9)19-3/h4-5,14,17H,6-7H2,1-3H3. The number of ether oxygens (including phenoxy) is 2. The van der Waals surface area contributed by atoms with E-state index < -0.39 is 0 Å². The van der Waals surface area contributed by atoms with Crippen LogP contribution >= 0.6 is 0 Å². The lowest BCUT2D eigenvalue weighted by atomic mass is 10.2. The van der Waals surface area contributed by atoms with Gasteiger partial charge in [-0.25, -0.2) is 0 Å². The van der Waals surface area contributed by atoms with Crippen molar-refractivity contribution in [1.29, 1.82) is 0 Å². The summed E-state index contributed by atoms with van der Waals surface area (Å²) < 4.78 is 15.1. The van der Waals surface area contributed by atoms with Gasteiger partial charge in [-0.3, -0.25) is 0 Å². The fourth-order valence-corrected chi connectivity index (χ4v) is 1.78. The van der Waals surface area contributed by atoms with Gasteiger partial charge < -0.3 is 24.4 Å². The molecule has 0 spiro atoms. The van der Waals surface area contributed by atoms with E-state index in [9.17, 15) is 5.11 Å². The average Bonchev–Trinajstić information content (AvgIpc) is 2.86. The molecule has 7 nitrogen and oxygen atoms in total. The van der Waals surface area contributed by atoms with Gasteiger partial charge in [0.05, 0.1) is 20.8 Å². The van der Waals surface area contributed by atoms with E-state index in [1.165, 1.54) is 14.2 Å². The highest BCUT2D eigenvalue weighted by Crippen LogP contribution is 2.36. The van der Waals surface area contributed by atoms with Crippen LogP contribution in [0.2, 0.25) is 0 Å². The first-order valence-electron chi connectivity index (χ1n) is 6.07. The Morgan fingerprint density at radius 2 is 1.85 bits per heavy atom. The van der Waals surface area contributed by atoms with Crippen molar-refractivity contribution in [3.05, 3.63) is 29.4 Å². The van der Waals surface area contributed by atoms with Crippen LogP contribution in [0.15, 0.2) is 16.7 Å². The molecule has 0 saturated heterocycles. The summed E-state index contributed by atoms with van der Waals surface area (Å²) in [5.41, 5.74) is 0.914. The van der Waals surface area contributed by atoms with Gasteiger partial charge in [0.15, 0.2) is 17.3 Å². The van der Waals surface area contributed by atoms with Crippen molar-refractivity contribution in [2.75, 3.05) is 14.2 Å². The van der Waals surface area contributed by atoms with E-state index in [4.69, 9.17) is 14.0 Å². The van der Waals surface area contributed by atoms with Gasteiger partial charge in [0.2, 0.25) is 11.6 Å². The van der Waals surface area contributed by atoms with E-state index in [2.05, 4.69) is 15.5 Å². The number of benzene rings is 1. The van der Waals surface area contributed by atoms with E-state index in [0.29, 0.717) is 36.3 Å². The van der Waals surface area contributed by atoms with Crippen molar-refractivity contribution in [1.82, 2.24) is 15.5 Å². The first kappa shape index (κ1) is 14.1. The zero-order valence-electron chi connectivity index (χ0n) is 11.6. The van der Waals surface area contributed by atoms with Crippen LogP contribution in [0.4, 0.5) is 0 Å². The fraction of sp³-hybridized carbons (Fsp3) is 0.385. The largest absolute Gasteiger partial charge is 0.502 e. The molecule has 0 aliphatic rings. The molecule has 1 aromatic carbocycles. The first-order chi connectivity index (χ1) is 9.63. The molecule has 0 fully saturated rings. The van der Waals surface area contributed by atoms with Gasteiger partial charge in [0.25, 0.3) is 0 Å². The second-order valence-electron chi connectivity index (χ2n) is 4.18. The van der Waals surface area contributed by atoms with Gasteiger partial charge in [0.1, 0.15) is 0 Å². The van der Waals surface area contributed by atoms with E-state index in [1.54, 1.807) is 19.1 Å². The van der Waals surface area contributed by atoms with E-state index >= 15 is 0 Å². The maximum atomic E-state index is 9.82. The summed E-state index contributed by atoms with van der Waals surface area (Å²) >= 11 is 0. The quantitative estimate of drug-likeness (QED) is 0.825. The van der Waals surface area contributed by atoms with Crippen LogP contribution < -0.4 is 14.8 Å². The molecule has 108 valence electrons. The molecule has 2 rings (SSSR count). The number of rotatable bonds is 6. The molecule has 0 amide bonds. The van der Waals surface area contributed by atoms with E-state index in [1.807, 2.05) is 0 Å². The summed E-state index contributed by atoms with van der Waals surface area (Å²) in [6.45, 7) is 2.79. The zero-order valence-corrected chi connectivity index (χ0v) is 11.6. The normalized spacial score (nSPS) is 10.6. The van der Waals surface area contributed by atoms with Gasteiger partial charge >= 0.3 is 0 Å². The van der Waals surface area contributed by atoms with Crippen LogP contribution in [-0.4, -0.2) is 29.5 Å². The van der Waals surface area contributed by atoms with Crippen molar-refractivity contribution in [2.45, 2.75) is 20.0 Å². The van der Waals surface area contributed by atoms with Gasteiger partial charge in [0, 0.05) is 13.5 Å². The van der Waals surface area contributed by atoms with Crippen LogP contribution in [0.25, 0.3) is 0 Å². The molecule has 0 bridgehead atoms. The Bertz CT molecular complexity index is 558. The molecule has 2 N–H and O–H groups in total. The Morgan fingerprint density at radius 1 is 1.20 bits per heavy atom. The Morgan fingerprint density at radius 3 is 2.35 bits per heavy atom. The van der Waals surface area contributed by atoms with Crippen LogP contribution in [0.3, 0.4) is 0 Å². The minimum absolute atomic E-state index is 0.00690. The predicted molar refractivity (Wildman–Crippen MR) is 70.8 cm³/mol. The topological polar surface area (TPSA) is 89.6 Å². The number of phenols is 1. The number of aromatic hydroxyl groups is 1. The Labute approximate surface area is 116 Å². The van der Waals surface area contributed by atoms with Crippen molar-refractivity contribution in [3.8, 4) is 17.2 Å². The summed E-state index contributed by atoms with van der Waals surface area (Å²) in [6, 6.07) is 3.48. The summed E-state index contributed by atoms with van der Waals surface area (Å²) in [4.78, 5) is 4.09. The number of hydrogen-bond acceptors (Lipinski definition) is 7. The molecule has 0 atom stereocenters. The second kappa shape index (κ2) is 6.25. The highest BCUT2D eigenvalue weighted by atomic mass is 16.5. The summed E-state index contributed by atoms with van der Waals surface area (Å²) in [6.07, 6.45) is 0. The Kier molecular flexibility index (Phi) is 4.41. The van der Waals surface area contributed by atoms with Crippen LogP contribution in [0, 0.1) is 6.92 Å². The third kappa shape index (κ3) is 3.18. The highest BCUT2D eigenvalue weighted by Gasteiger charge is 2.11. The third-order valence-corrected chi connectivity index (χ3v) is 2.72. The number of aryl methyl sites for hydroxylation is 1. The number of hydrogen-bond donors (Lipinski definition) is 2. The van der Waals surface area contributed by atoms with E-state index in [-0.39, 0.29) is 5.75 Å². The summed E-state index contributed by atoms with van der Waals surface area (Å²) in [5.74, 6) is 1.87. The average molecular weight is 279 g/mol. The molecule has 0 radical (unpaired) electrons. The fourth-order valence-electron chi connectivity index (χ4n) is 1.78. The van der Waals surface area contributed by atoms with Crippen molar-refractivity contribution < 1.29 is 19.1 Å². The SMILES string of the molecule is COc1cc(CNCc2noc(C)n2)cc(OC)c1O. The lowest BCUT2D eigenvalue weighted by Crippen LogP contribution is -2.14. The molecular weight excluding hydrogens is 262 g/mol. The molecule has 0 aliphatic carbocycles. The molecule has 7 heteroatoms. The number of nitrogens with zero attached hydrogens (tertiary/aromatic N) is 2. The molecule has 0 saturated carbocycles. The molecular formula is C13H17N3O4. The Balaban J connectivity index is 2.02. The lowest BCUT2D eigenvalue weighted by molar-refractivity contribution is 0.339. The summed E-state index contributed by atoms with van der Waals surface area (Å²) in [7, 11) is 2.99. The maximum Gasteiger partial charge on any atom is 0.223 e. The molecule has 0 aliphatic heterocycles. The number of phenolic OH excluding ortho intramolecular Hbond substituents is 1. The molecule has 20 heavy (non-hydrogen) atoms. The monoisotopic (exact) mass is 279 g/mol. The third-order valence-electron chi connectivity index (χ3n) is 2.72. The van der Waals surface area contributed by atoms with Gasteiger partial charge in [-0.2, -0.15) is 4.98 Å². The number of methoxy groups -OCH3 is 2. The molecule has 1 heterocycles. The van der Waals surface area contributed by atoms with Crippen molar-refractivity contribution in [3.63, 3.8) is 0 Å². The van der Waals surface area contributed by atoms with Crippen molar-refractivity contribution in [2.24, 2.45) is 0 Å². The number of aromatic nitrogens is 2. The van der Waals surface area contributed by atoms with Gasteiger partial charge in [-0.15, -0.1) is 0 Å². The molecule has 0 unspecified atom stereocenters. The minimum atomic E-state index is -0.00690. The lowest BCUT2D eigenvalue weighted by Gasteiger charge is -2.11. The maximum absolute atomic E-state index is 9.82. The van der Waals surface area contributed by atoms with Gasteiger partial charge in [-0.1, -0.05) is 5.16 Å². The zero-order chi connectivity index (χ0) is 14.5. The highest BCUT2D eigenvalue weighted by molar-refractivity contribution is 5.52. The predicted octanol–water partition coefficient (Wildman–Crippen LogP) is 1.39. The molecule has 2 aromatic rings. The number of nitrogens with one attached hydrogen (secondary N) is 1. The van der Waals surface area contributed by atoms with Crippen LogP contribution in [0.5, 0.6) is 17.2 Å². The van der Waals surface area contributed by atoms with Crippen molar-refractivity contribution >= 4 is 0 Å².